The van der Waals surface area contributed by atoms with E-state index >= 15 is 0 Å². The average molecular weight is 473 g/mol. The number of para-hydroxylation sites is 1. The number of aliphatic imine (C=N–C) groups is 1. The summed E-state index contributed by atoms with van der Waals surface area (Å²) in [6, 6.07) is 16.0. The topological polar surface area (TPSA) is 85.6 Å². The fourth-order valence-corrected chi connectivity index (χ4v) is 4.54. The zero-order chi connectivity index (χ0) is 25.1. The lowest BCUT2D eigenvalue weighted by Crippen LogP contribution is -2.39. The predicted octanol–water partition coefficient (Wildman–Crippen LogP) is 5.85. The van der Waals surface area contributed by atoms with Crippen LogP contribution >= 0.6 is 0 Å². The van der Waals surface area contributed by atoms with Crippen LogP contribution in [0.25, 0.3) is 22.4 Å². The first kappa shape index (κ1) is 24.1. The molecule has 0 aliphatic carbocycles. The SMILES string of the molecule is C=Nc1ccc(-c2cccc(C#N)c2O)cc1/C(=C(\C)c1cc(F)cc(F)c1)N1CCC(N)CC1. The summed E-state index contributed by atoms with van der Waals surface area (Å²) in [5.74, 6) is -1.43. The number of aromatic hydroxyl groups is 1. The van der Waals surface area contributed by atoms with Crippen LogP contribution in [-0.2, 0) is 0 Å². The maximum absolute atomic E-state index is 14.1. The van der Waals surface area contributed by atoms with Gasteiger partial charge in [-0.2, -0.15) is 5.26 Å². The first-order valence-electron chi connectivity index (χ1n) is 11.3. The minimum Gasteiger partial charge on any atom is -0.506 e. The number of phenolic OH excluding ortho intramolecular Hbond substituents is 1. The summed E-state index contributed by atoms with van der Waals surface area (Å²) in [4.78, 5) is 6.36. The summed E-state index contributed by atoms with van der Waals surface area (Å²) >= 11 is 0. The predicted molar refractivity (Wildman–Crippen MR) is 135 cm³/mol. The molecule has 4 rings (SSSR count). The number of nitrogens with zero attached hydrogens (tertiary/aromatic N) is 3. The molecule has 1 fully saturated rings. The van der Waals surface area contributed by atoms with Gasteiger partial charge in [0.1, 0.15) is 23.5 Å². The largest absolute Gasteiger partial charge is 0.506 e. The number of likely N-dealkylation sites (tertiary alicyclic amines) is 1. The Bertz CT molecular complexity index is 1330. The van der Waals surface area contributed by atoms with Crippen molar-refractivity contribution in [3.8, 4) is 22.9 Å². The van der Waals surface area contributed by atoms with Crippen molar-refractivity contribution in [2.24, 2.45) is 10.7 Å². The van der Waals surface area contributed by atoms with Crippen LogP contribution in [0.15, 0.2) is 59.6 Å². The van der Waals surface area contributed by atoms with Crippen LogP contribution in [0.4, 0.5) is 14.5 Å². The monoisotopic (exact) mass is 472 g/mol. The molecule has 0 bridgehead atoms. The second-order valence-corrected chi connectivity index (χ2v) is 8.66. The van der Waals surface area contributed by atoms with Crippen LogP contribution in [0.5, 0.6) is 5.75 Å². The summed E-state index contributed by atoms with van der Waals surface area (Å²) in [5, 5.41) is 20.0. The van der Waals surface area contributed by atoms with Crippen molar-refractivity contribution in [1.29, 1.82) is 5.26 Å². The number of phenols is 1. The van der Waals surface area contributed by atoms with Gasteiger partial charge >= 0.3 is 0 Å². The maximum atomic E-state index is 14.1. The number of nitriles is 1. The Balaban J connectivity index is 1.96. The van der Waals surface area contributed by atoms with E-state index in [4.69, 9.17) is 5.73 Å². The molecule has 178 valence electrons. The third-order valence-corrected chi connectivity index (χ3v) is 6.40. The van der Waals surface area contributed by atoms with Gasteiger partial charge in [-0.25, -0.2) is 8.78 Å². The Kier molecular flexibility index (Phi) is 6.94. The number of allylic oxidation sites excluding steroid dienone is 1. The summed E-state index contributed by atoms with van der Waals surface area (Å²) < 4.78 is 28.2. The molecule has 1 saturated heterocycles. The lowest BCUT2D eigenvalue weighted by atomic mass is 9.93. The van der Waals surface area contributed by atoms with Crippen molar-refractivity contribution in [2.75, 3.05) is 13.1 Å². The first-order valence-corrected chi connectivity index (χ1v) is 11.3. The highest BCUT2D eigenvalue weighted by Crippen LogP contribution is 2.40. The Labute approximate surface area is 203 Å². The van der Waals surface area contributed by atoms with Gasteiger partial charge in [-0.05, 0) is 73.5 Å². The molecule has 0 aromatic heterocycles. The van der Waals surface area contributed by atoms with Crippen molar-refractivity contribution in [1.82, 2.24) is 4.90 Å². The molecular formula is C28H26F2N4O. The number of hydrogen-bond acceptors (Lipinski definition) is 5. The third kappa shape index (κ3) is 4.93. The zero-order valence-electron chi connectivity index (χ0n) is 19.4. The summed E-state index contributed by atoms with van der Waals surface area (Å²) in [6.07, 6.45) is 1.55. The van der Waals surface area contributed by atoms with Crippen LogP contribution in [0.2, 0.25) is 0 Å². The molecule has 7 heteroatoms. The van der Waals surface area contributed by atoms with Crippen LogP contribution in [0.1, 0.15) is 36.5 Å². The molecule has 1 aliphatic rings. The van der Waals surface area contributed by atoms with Gasteiger partial charge in [0.05, 0.1) is 11.3 Å². The van der Waals surface area contributed by atoms with Gasteiger partial charge in [-0.1, -0.05) is 18.2 Å². The molecule has 1 aliphatic heterocycles. The second kappa shape index (κ2) is 10.1. The van der Waals surface area contributed by atoms with Crippen molar-refractivity contribution in [3.63, 3.8) is 0 Å². The summed E-state index contributed by atoms with van der Waals surface area (Å²) in [7, 11) is 0. The fourth-order valence-electron chi connectivity index (χ4n) is 4.54. The standard InChI is InChI=1S/C28H26F2N4O/c1-17(20-12-21(29)15-22(30)13-20)27(34-10-8-23(32)9-11-34)25-14-18(6-7-26(25)33-2)24-5-3-4-19(16-31)28(24)35/h3-7,12-15,23,35H,2,8-11,32H2,1H3/b27-17-. The molecule has 0 atom stereocenters. The fraction of sp³-hybridized carbons (Fsp3) is 0.214. The van der Waals surface area contributed by atoms with Crippen molar-refractivity contribution >= 4 is 23.7 Å². The number of nitrogens with two attached hydrogens (primary N) is 1. The molecular weight excluding hydrogens is 446 g/mol. The normalized spacial score (nSPS) is 14.9. The van der Waals surface area contributed by atoms with E-state index in [9.17, 15) is 19.1 Å². The van der Waals surface area contributed by atoms with Crippen LogP contribution < -0.4 is 5.73 Å². The van der Waals surface area contributed by atoms with E-state index in [0.29, 0.717) is 46.6 Å². The molecule has 5 nitrogen and oxygen atoms in total. The van der Waals surface area contributed by atoms with Crippen molar-refractivity contribution in [3.05, 3.63) is 82.9 Å². The van der Waals surface area contributed by atoms with E-state index in [1.807, 2.05) is 19.1 Å². The zero-order valence-corrected chi connectivity index (χ0v) is 19.4. The van der Waals surface area contributed by atoms with Crippen molar-refractivity contribution in [2.45, 2.75) is 25.8 Å². The van der Waals surface area contributed by atoms with Gasteiger partial charge in [0.2, 0.25) is 0 Å². The number of halogens is 2. The second-order valence-electron chi connectivity index (χ2n) is 8.66. The lowest BCUT2D eigenvalue weighted by molar-refractivity contribution is 0.300. The third-order valence-electron chi connectivity index (χ3n) is 6.40. The molecule has 3 N–H and O–H groups in total. The minimum absolute atomic E-state index is 0.0911. The highest BCUT2D eigenvalue weighted by molar-refractivity contribution is 5.94. The number of rotatable bonds is 5. The van der Waals surface area contributed by atoms with E-state index in [1.165, 1.54) is 12.1 Å². The van der Waals surface area contributed by atoms with E-state index in [-0.39, 0.29) is 17.4 Å². The molecule has 0 radical (unpaired) electrons. The molecule has 0 spiro atoms. The Hall–Kier alpha value is -4.02. The molecule has 0 unspecified atom stereocenters. The smallest absolute Gasteiger partial charge is 0.141 e. The number of hydrogen-bond donors (Lipinski definition) is 2. The Morgan fingerprint density at radius 2 is 1.80 bits per heavy atom. The summed E-state index contributed by atoms with van der Waals surface area (Å²) in [5.41, 5.74) is 10.6. The quantitative estimate of drug-likeness (QED) is 0.360. The van der Waals surface area contributed by atoms with E-state index in [0.717, 1.165) is 24.6 Å². The highest BCUT2D eigenvalue weighted by atomic mass is 19.1. The molecule has 0 saturated carbocycles. The lowest BCUT2D eigenvalue weighted by Gasteiger charge is -2.36. The van der Waals surface area contributed by atoms with E-state index in [1.54, 1.807) is 30.3 Å². The Morgan fingerprint density at radius 3 is 2.43 bits per heavy atom. The van der Waals surface area contributed by atoms with E-state index < -0.39 is 11.6 Å². The minimum atomic E-state index is -0.659. The van der Waals surface area contributed by atoms with Crippen LogP contribution in [0.3, 0.4) is 0 Å². The number of benzene rings is 3. The first-order chi connectivity index (χ1) is 16.8. The van der Waals surface area contributed by atoms with E-state index in [2.05, 4.69) is 16.6 Å². The average Bonchev–Trinajstić information content (AvgIpc) is 2.85. The molecule has 0 amide bonds. The highest BCUT2D eigenvalue weighted by Gasteiger charge is 2.24. The van der Waals surface area contributed by atoms with Gasteiger partial charge in [-0.15, -0.1) is 0 Å². The molecule has 1 heterocycles. The summed E-state index contributed by atoms with van der Waals surface area (Å²) in [6.45, 7) is 6.88. The molecule has 3 aromatic rings. The van der Waals surface area contributed by atoms with Crippen LogP contribution in [0, 0.1) is 23.0 Å². The van der Waals surface area contributed by atoms with Crippen LogP contribution in [-0.4, -0.2) is 35.9 Å². The Morgan fingerprint density at radius 1 is 1.11 bits per heavy atom. The van der Waals surface area contributed by atoms with Gasteiger partial charge < -0.3 is 15.7 Å². The maximum Gasteiger partial charge on any atom is 0.141 e. The molecule has 3 aromatic carbocycles. The van der Waals surface area contributed by atoms with Gasteiger partial charge in [-0.3, -0.25) is 4.99 Å². The molecule has 35 heavy (non-hydrogen) atoms. The van der Waals surface area contributed by atoms with Gasteiger partial charge in [0.15, 0.2) is 0 Å². The van der Waals surface area contributed by atoms with Gasteiger partial charge in [0.25, 0.3) is 0 Å². The number of piperidine rings is 1. The van der Waals surface area contributed by atoms with Gasteiger partial charge in [0, 0.05) is 42.0 Å². The van der Waals surface area contributed by atoms with Crippen molar-refractivity contribution < 1.29 is 13.9 Å².